The maximum Gasteiger partial charge on any atom is 0.337 e. The zero-order chi connectivity index (χ0) is 14.7. The molecule has 0 radical (unpaired) electrons. The van der Waals surface area contributed by atoms with Crippen molar-refractivity contribution in [3.63, 3.8) is 0 Å². The lowest BCUT2D eigenvalue weighted by molar-refractivity contribution is 0.0697. The number of carboxylic acids is 1. The maximum absolute atomic E-state index is 12.0. The van der Waals surface area contributed by atoms with Crippen molar-refractivity contribution < 1.29 is 19.8 Å². The van der Waals surface area contributed by atoms with Gasteiger partial charge in [-0.1, -0.05) is 6.07 Å². The molecule has 0 spiro atoms. The van der Waals surface area contributed by atoms with Gasteiger partial charge in [-0.05, 0) is 36.4 Å². The second-order valence-electron chi connectivity index (χ2n) is 4.11. The SMILES string of the molecule is Nc1cccc(C(=O)Nc2ccc(O)cc2C(=O)O)c1. The summed E-state index contributed by atoms with van der Waals surface area (Å²) in [5.41, 5.74) is 6.23. The molecule has 0 aliphatic carbocycles. The monoisotopic (exact) mass is 272 g/mol. The molecule has 0 bridgehead atoms. The molecule has 0 fully saturated rings. The highest BCUT2D eigenvalue weighted by molar-refractivity contribution is 6.08. The number of anilines is 2. The van der Waals surface area contributed by atoms with E-state index in [9.17, 15) is 14.7 Å². The average Bonchev–Trinajstić information content (AvgIpc) is 2.40. The number of carbonyl (C=O) groups is 2. The van der Waals surface area contributed by atoms with E-state index < -0.39 is 11.9 Å². The second kappa shape index (κ2) is 5.31. The summed E-state index contributed by atoms with van der Waals surface area (Å²) in [6.45, 7) is 0. The molecule has 0 aromatic heterocycles. The van der Waals surface area contributed by atoms with E-state index in [2.05, 4.69) is 5.32 Å². The topological polar surface area (TPSA) is 113 Å². The molecular formula is C14H12N2O4. The largest absolute Gasteiger partial charge is 0.508 e. The Bertz CT molecular complexity index is 683. The van der Waals surface area contributed by atoms with Crippen molar-refractivity contribution in [2.45, 2.75) is 0 Å². The first-order chi connectivity index (χ1) is 9.47. The lowest BCUT2D eigenvalue weighted by Crippen LogP contribution is -2.15. The van der Waals surface area contributed by atoms with Gasteiger partial charge < -0.3 is 21.3 Å². The third-order valence-electron chi connectivity index (χ3n) is 2.63. The highest BCUT2D eigenvalue weighted by atomic mass is 16.4. The quantitative estimate of drug-likeness (QED) is 0.503. The molecule has 0 atom stereocenters. The average molecular weight is 272 g/mol. The lowest BCUT2D eigenvalue weighted by Gasteiger charge is -2.09. The highest BCUT2D eigenvalue weighted by Gasteiger charge is 2.14. The molecule has 2 aromatic carbocycles. The fourth-order valence-corrected chi connectivity index (χ4v) is 1.69. The van der Waals surface area contributed by atoms with E-state index in [0.29, 0.717) is 11.3 Å². The molecule has 2 rings (SSSR count). The standard InChI is InChI=1S/C14H12N2O4/c15-9-3-1-2-8(6-9)13(18)16-12-5-4-10(17)7-11(12)14(19)20/h1-7,17H,15H2,(H,16,18)(H,19,20). The van der Waals surface area contributed by atoms with Crippen LogP contribution in [0, 0.1) is 0 Å². The Kier molecular flexibility index (Phi) is 3.56. The van der Waals surface area contributed by atoms with Gasteiger partial charge in [-0.25, -0.2) is 4.79 Å². The van der Waals surface area contributed by atoms with E-state index in [1.165, 1.54) is 18.2 Å². The molecular weight excluding hydrogens is 260 g/mol. The predicted octanol–water partition coefficient (Wildman–Crippen LogP) is 1.92. The number of nitrogens with one attached hydrogen (secondary N) is 1. The minimum atomic E-state index is -1.25. The molecule has 0 saturated carbocycles. The molecule has 102 valence electrons. The summed E-state index contributed by atoms with van der Waals surface area (Å²) < 4.78 is 0. The number of carbonyl (C=O) groups excluding carboxylic acids is 1. The smallest absolute Gasteiger partial charge is 0.337 e. The van der Waals surface area contributed by atoms with Crippen LogP contribution in [0.3, 0.4) is 0 Å². The lowest BCUT2D eigenvalue weighted by atomic mass is 10.1. The van der Waals surface area contributed by atoms with Gasteiger partial charge in [-0.3, -0.25) is 4.79 Å². The van der Waals surface area contributed by atoms with E-state index >= 15 is 0 Å². The van der Waals surface area contributed by atoms with Crippen LogP contribution >= 0.6 is 0 Å². The van der Waals surface area contributed by atoms with E-state index in [1.807, 2.05) is 0 Å². The molecule has 0 aliphatic heterocycles. The highest BCUT2D eigenvalue weighted by Crippen LogP contribution is 2.22. The van der Waals surface area contributed by atoms with Crippen LogP contribution in [0.15, 0.2) is 42.5 Å². The van der Waals surface area contributed by atoms with Crippen molar-refractivity contribution >= 4 is 23.3 Å². The third kappa shape index (κ3) is 2.86. The molecule has 0 aliphatic rings. The first-order valence-electron chi connectivity index (χ1n) is 5.70. The number of nitrogen functional groups attached to an aromatic ring is 1. The number of rotatable bonds is 3. The van der Waals surface area contributed by atoms with Crippen LogP contribution in [0.5, 0.6) is 5.75 Å². The van der Waals surface area contributed by atoms with Crippen molar-refractivity contribution in [2.75, 3.05) is 11.1 Å². The number of amides is 1. The van der Waals surface area contributed by atoms with Crippen LogP contribution in [-0.2, 0) is 0 Å². The van der Waals surface area contributed by atoms with Gasteiger partial charge in [0.15, 0.2) is 0 Å². The van der Waals surface area contributed by atoms with Crippen molar-refractivity contribution in [1.29, 1.82) is 0 Å². The van der Waals surface area contributed by atoms with E-state index in [4.69, 9.17) is 10.8 Å². The number of benzene rings is 2. The number of hydrogen-bond donors (Lipinski definition) is 4. The fraction of sp³-hybridized carbons (Fsp3) is 0. The van der Waals surface area contributed by atoms with Crippen LogP contribution < -0.4 is 11.1 Å². The Balaban J connectivity index is 2.30. The minimum absolute atomic E-state index is 0.0997. The third-order valence-corrected chi connectivity index (χ3v) is 2.63. The Labute approximate surface area is 114 Å². The Morgan fingerprint density at radius 3 is 2.50 bits per heavy atom. The van der Waals surface area contributed by atoms with E-state index in [0.717, 1.165) is 6.07 Å². The summed E-state index contributed by atoms with van der Waals surface area (Å²) in [6, 6.07) is 9.99. The van der Waals surface area contributed by atoms with Crippen LogP contribution in [0.1, 0.15) is 20.7 Å². The number of hydrogen-bond acceptors (Lipinski definition) is 4. The van der Waals surface area contributed by atoms with Crippen molar-refractivity contribution in [3.8, 4) is 5.75 Å². The van der Waals surface area contributed by atoms with Crippen LogP contribution in [0.25, 0.3) is 0 Å². The molecule has 5 N–H and O–H groups in total. The van der Waals surface area contributed by atoms with Gasteiger partial charge in [0.05, 0.1) is 11.3 Å². The van der Waals surface area contributed by atoms with E-state index in [1.54, 1.807) is 18.2 Å². The first-order valence-corrected chi connectivity index (χ1v) is 5.70. The zero-order valence-electron chi connectivity index (χ0n) is 10.3. The van der Waals surface area contributed by atoms with Crippen molar-refractivity contribution in [1.82, 2.24) is 0 Å². The number of aromatic carboxylic acids is 1. The summed E-state index contributed by atoms with van der Waals surface area (Å²) in [6.07, 6.45) is 0. The Morgan fingerprint density at radius 2 is 1.85 bits per heavy atom. The normalized spacial score (nSPS) is 10.0. The molecule has 2 aromatic rings. The summed E-state index contributed by atoms with van der Waals surface area (Å²) in [7, 11) is 0. The molecule has 0 unspecified atom stereocenters. The molecule has 6 heteroatoms. The van der Waals surface area contributed by atoms with Crippen LogP contribution in [0.2, 0.25) is 0 Å². The number of carboxylic acid groups (broad SMARTS) is 1. The van der Waals surface area contributed by atoms with Gasteiger partial charge >= 0.3 is 5.97 Å². The van der Waals surface area contributed by atoms with E-state index in [-0.39, 0.29) is 17.0 Å². The van der Waals surface area contributed by atoms with Crippen molar-refractivity contribution in [2.24, 2.45) is 0 Å². The minimum Gasteiger partial charge on any atom is -0.508 e. The number of nitrogens with two attached hydrogens (primary N) is 1. The molecule has 0 heterocycles. The summed E-state index contributed by atoms with van der Waals surface area (Å²) in [5.74, 6) is -1.92. The maximum atomic E-state index is 12.0. The second-order valence-corrected chi connectivity index (χ2v) is 4.11. The predicted molar refractivity (Wildman–Crippen MR) is 73.9 cm³/mol. The number of phenols is 1. The summed E-state index contributed by atoms with van der Waals surface area (Å²) >= 11 is 0. The van der Waals surface area contributed by atoms with Gasteiger partial charge in [0.25, 0.3) is 5.91 Å². The Hall–Kier alpha value is -3.02. The zero-order valence-corrected chi connectivity index (χ0v) is 10.3. The summed E-state index contributed by atoms with van der Waals surface area (Å²) in [5, 5.41) is 20.8. The van der Waals surface area contributed by atoms with Gasteiger partial charge in [-0.2, -0.15) is 0 Å². The Morgan fingerprint density at radius 1 is 1.10 bits per heavy atom. The van der Waals surface area contributed by atoms with Gasteiger partial charge in [0, 0.05) is 11.3 Å². The van der Waals surface area contributed by atoms with Gasteiger partial charge in [0.2, 0.25) is 0 Å². The van der Waals surface area contributed by atoms with Gasteiger partial charge in [-0.15, -0.1) is 0 Å². The molecule has 20 heavy (non-hydrogen) atoms. The fourth-order valence-electron chi connectivity index (χ4n) is 1.69. The number of phenolic OH excluding ortho intramolecular Hbond substituents is 1. The van der Waals surface area contributed by atoms with Crippen LogP contribution in [0.4, 0.5) is 11.4 Å². The van der Waals surface area contributed by atoms with Crippen LogP contribution in [-0.4, -0.2) is 22.1 Å². The molecule has 0 saturated heterocycles. The molecule has 6 nitrogen and oxygen atoms in total. The van der Waals surface area contributed by atoms with Gasteiger partial charge in [0.1, 0.15) is 5.75 Å². The van der Waals surface area contributed by atoms with Crippen molar-refractivity contribution in [3.05, 3.63) is 53.6 Å². The number of aromatic hydroxyl groups is 1. The first kappa shape index (κ1) is 13.4. The molecule has 1 amide bonds. The summed E-state index contributed by atoms with van der Waals surface area (Å²) in [4.78, 5) is 23.1.